The Hall–Kier alpha value is -2.97. The Balaban J connectivity index is 2.78. The average Bonchev–Trinajstić information content (AvgIpc) is 2.80. The van der Waals surface area contributed by atoms with Crippen LogP contribution in [-0.2, 0) is 4.74 Å². The third-order valence-electron chi connectivity index (χ3n) is 2.31. The van der Waals surface area contributed by atoms with Gasteiger partial charge in [0.25, 0.3) is 5.91 Å². The van der Waals surface area contributed by atoms with E-state index in [0.29, 0.717) is 0 Å². The number of fused-ring (bicyclic) bond motifs is 1. The highest BCUT2D eigenvalue weighted by Gasteiger charge is 2.19. The van der Waals surface area contributed by atoms with Crippen LogP contribution in [0.5, 0.6) is 0 Å². The summed E-state index contributed by atoms with van der Waals surface area (Å²) in [5, 5.41) is 8.90. The molecule has 9 heteroatoms. The van der Waals surface area contributed by atoms with Crippen molar-refractivity contribution in [2.24, 2.45) is 5.73 Å². The molecular weight excluding hydrogens is 256 g/mol. The summed E-state index contributed by atoms with van der Waals surface area (Å²) >= 11 is 0. The first-order valence-electron chi connectivity index (χ1n) is 4.95. The highest BCUT2D eigenvalue weighted by molar-refractivity contribution is 5.94. The fraction of sp³-hybridized carbons (Fsp3) is 0.100. The van der Waals surface area contributed by atoms with E-state index >= 15 is 0 Å². The number of nitrogens with zero attached hydrogens (tertiary/aromatic N) is 3. The molecule has 98 valence electrons. The smallest absolute Gasteiger partial charge is 0.355 e. The van der Waals surface area contributed by atoms with Gasteiger partial charge >= 0.3 is 11.9 Å². The Kier molecular flexibility index (Phi) is 2.87. The minimum absolute atomic E-state index is 0.120. The van der Waals surface area contributed by atoms with Crippen LogP contribution in [0.3, 0.4) is 0 Å². The van der Waals surface area contributed by atoms with Crippen LogP contribution in [0.25, 0.3) is 5.78 Å². The van der Waals surface area contributed by atoms with Crippen LogP contribution < -0.4 is 5.73 Å². The zero-order chi connectivity index (χ0) is 14.2. The Morgan fingerprint density at radius 1 is 1.32 bits per heavy atom. The molecule has 0 aliphatic carbocycles. The molecule has 19 heavy (non-hydrogen) atoms. The standard InChI is InChI=1S/C10H8N4O5/c1-19-9(18)6-2-4(8(16)17)12-10-13-5(7(11)15)3-14(6)10/h2-3H,1H3,(H2,11,15)(H,16,17). The molecule has 0 saturated carbocycles. The minimum Gasteiger partial charge on any atom is -0.477 e. The Bertz CT molecular complexity index is 705. The zero-order valence-corrected chi connectivity index (χ0v) is 9.65. The highest BCUT2D eigenvalue weighted by atomic mass is 16.5. The van der Waals surface area contributed by atoms with Crippen molar-refractivity contribution in [3.63, 3.8) is 0 Å². The molecule has 0 bridgehead atoms. The number of primary amides is 1. The minimum atomic E-state index is -1.34. The van der Waals surface area contributed by atoms with Crippen LogP contribution in [0.15, 0.2) is 12.3 Å². The van der Waals surface area contributed by atoms with Gasteiger partial charge < -0.3 is 15.6 Å². The molecule has 3 N–H and O–H groups in total. The zero-order valence-electron chi connectivity index (χ0n) is 9.65. The molecule has 0 fully saturated rings. The number of aromatic nitrogens is 3. The first-order valence-corrected chi connectivity index (χ1v) is 4.95. The number of carbonyl (C=O) groups excluding carboxylic acids is 2. The molecule has 0 aromatic carbocycles. The predicted octanol–water partition coefficient (Wildman–Crippen LogP) is -0.687. The van der Waals surface area contributed by atoms with Gasteiger partial charge in [0.05, 0.1) is 7.11 Å². The van der Waals surface area contributed by atoms with Gasteiger partial charge in [0, 0.05) is 12.3 Å². The number of aromatic carboxylic acids is 1. The monoisotopic (exact) mass is 264 g/mol. The van der Waals surface area contributed by atoms with Gasteiger partial charge in [0.15, 0.2) is 5.69 Å². The van der Waals surface area contributed by atoms with Crippen LogP contribution in [-0.4, -0.2) is 44.4 Å². The largest absolute Gasteiger partial charge is 0.477 e. The fourth-order valence-corrected chi connectivity index (χ4v) is 1.46. The number of rotatable bonds is 3. The van der Waals surface area contributed by atoms with Crippen molar-refractivity contribution in [3.05, 3.63) is 29.3 Å². The number of amides is 1. The Morgan fingerprint density at radius 2 is 1.95 bits per heavy atom. The molecule has 2 aromatic rings. The summed E-state index contributed by atoms with van der Waals surface area (Å²) in [6.07, 6.45) is 1.18. The number of methoxy groups -OCH3 is 1. The topological polar surface area (TPSA) is 137 Å². The molecule has 0 atom stereocenters. The lowest BCUT2D eigenvalue weighted by molar-refractivity contribution is 0.0591. The van der Waals surface area contributed by atoms with E-state index in [1.165, 1.54) is 6.20 Å². The molecule has 2 aromatic heterocycles. The number of hydrogen-bond acceptors (Lipinski definition) is 6. The molecule has 0 aliphatic heterocycles. The molecule has 0 unspecified atom stereocenters. The van der Waals surface area contributed by atoms with Crippen molar-refractivity contribution in [1.82, 2.24) is 14.4 Å². The summed E-state index contributed by atoms with van der Waals surface area (Å²) in [6.45, 7) is 0. The van der Waals surface area contributed by atoms with Crippen LogP contribution in [0, 0.1) is 0 Å². The van der Waals surface area contributed by atoms with Gasteiger partial charge in [-0.3, -0.25) is 9.20 Å². The SMILES string of the molecule is COC(=O)c1cc(C(=O)O)nc2nc(C(N)=O)cn12. The van der Waals surface area contributed by atoms with Gasteiger partial charge in [-0.05, 0) is 0 Å². The van der Waals surface area contributed by atoms with Crippen LogP contribution in [0.4, 0.5) is 0 Å². The predicted molar refractivity (Wildman–Crippen MR) is 59.8 cm³/mol. The van der Waals surface area contributed by atoms with Crippen molar-refractivity contribution in [2.45, 2.75) is 0 Å². The van der Waals surface area contributed by atoms with Gasteiger partial charge in [-0.15, -0.1) is 0 Å². The fourth-order valence-electron chi connectivity index (χ4n) is 1.46. The average molecular weight is 264 g/mol. The van der Waals surface area contributed by atoms with E-state index in [9.17, 15) is 14.4 Å². The number of carboxylic acids is 1. The van der Waals surface area contributed by atoms with E-state index in [1.54, 1.807) is 0 Å². The second-order valence-corrected chi connectivity index (χ2v) is 3.48. The number of hydrogen-bond donors (Lipinski definition) is 2. The van der Waals surface area contributed by atoms with Gasteiger partial charge in [0.2, 0.25) is 5.78 Å². The summed E-state index contributed by atoms with van der Waals surface area (Å²) in [4.78, 5) is 40.9. The molecule has 0 spiro atoms. The van der Waals surface area contributed by atoms with Crippen molar-refractivity contribution in [2.75, 3.05) is 7.11 Å². The van der Waals surface area contributed by atoms with E-state index in [0.717, 1.165) is 17.6 Å². The van der Waals surface area contributed by atoms with E-state index in [4.69, 9.17) is 10.8 Å². The maximum atomic E-state index is 11.6. The van der Waals surface area contributed by atoms with Gasteiger partial charge in [-0.2, -0.15) is 0 Å². The van der Waals surface area contributed by atoms with Gasteiger partial charge in [-0.1, -0.05) is 0 Å². The highest BCUT2D eigenvalue weighted by Crippen LogP contribution is 2.11. The lowest BCUT2D eigenvalue weighted by atomic mass is 10.3. The van der Waals surface area contributed by atoms with E-state index in [2.05, 4.69) is 14.7 Å². The first kappa shape index (κ1) is 12.5. The summed E-state index contributed by atoms with van der Waals surface area (Å²) in [6, 6.07) is 1.02. The molecule has 0 radical (unpaired) electrons. The third kappa shape index (κ3) is 2.08. The summed E-state index contributed by atoms with van der Waals surface area (Å²) in [5.41, 5.74) is 4.41. The molecule has 9 nitrogen and oxygen atoms in total. The third-order valence-corrected chi connectivity index (χ3v) is 2.31. The molecule has 2 heterocycles. The molecular formula is C10H8N4O5. The van der Waals surface area contributed by atoms with Crippen molar-refractivity contribution >= 4 is 23.6 Å². The number of imidazole rings is 1. The van der Waals surface area contributed by atoms with E-state index in [1.807, 2.05) is 0 Å². The number of ether oxygens (including phenoxy) is 1. The molecule has 0 saturated heterocycles. The second kappa shape index (κ2) is 4.37. The lowest BCUT2D eigenvalue weighted by Crippen LogP contribution is -2.12. The van der Waals surface area contributed by atoms with Crippen molar-refractivity contribution in [1.29, 1.82) is 0 Å². The first-order chi connectivity index (χ1) is 8.93. The Morgan fingerprint density at radius 3 is 2.47 bits per heavy atom. The van der Waals surface area contributed by atoms with E-state index in [-0.39, 0.29) is 17.2 Å². The second-order valence-electron chi connectivity index (χ2n) is 3.48. The number of carbonyl (C=O) groups is 3. The molecule has 0 aliphatic rings. The summed E-state index contributed by atoms with van der Waals surface area (Å²) in [5.74, 6) is -3.08. The summed E-state index contributed by atoms with van der Waals surface area (Å²) in [7, 11) is 1.14. The van der Waals surface area contributed by atoms with Crippen molar-refractivity contribution in [3.8, 4) is 0 Å². The Labute approximate surface area is 105 Å². The molecule has 1 amide bonds. The van der Waals surface area contributed by atoms with Gasteiger partial charge in [-0.25, -0.2) is 19.6 Å². The van der Waals surface area contributed by atoms with Crippen LogP contribution in [0.1, 0.15) is 31.5 Å². The van der Waals surface area contributed by atoms with Crippen LogP contribution in [0.2, 0.25) is 0 Å². The maximum Gasteiger partial charge on any atom is 0.355 e. The van der Waals surface area contributed by atoms with E-state index < -0.39 is 23.5 Å². The maximum absolute atomic E-state index is 11.6. The van der Waals surface area contributed by atoms with Crippen molar-refractivity contribution < 1.29 is 24.2 Å². The number of nitrogens with two attached hydrogens (primary N) is 1. The van der Waals surface area contributed by atoms with Gasteiger partial charge in [0.1, 0.15) is 11.4 Å². The number of carboxylic acid groups (broad SMARTS) is 1. The van der Waals surface area contributed by atoms with Crippen LogP contribution >= 0.6 is 0 Å². The number of esters is 1. The molecule has 2 rings (SSSR count). The lowest BCUT2D eigenvalue weighted by Gasteiger charge is -2.03. The quantitative estimate of drug-likeness (QED) is 0.700. The summed E-state index contributed by atoms with van der Waals surface area (Å²) < 4.78 is 5.66. The normalized spacial score (nSPS) is 10.4.